The van der Waals surface area contributed by atoms with E-state index in [-0.39, 0.29) is 43.4 Å². The third kappa shape index (κ3) is 4.39. The van der Waals surface area contributed by atoms with Gasteiger partial charge in [-0.1, -0.05) is 0 Å². The Balaban J connectivity index is 1.43. The third-order valence-electron chi connectivity index (χ3n) is 4.67. The van der Waals surface area contributed by atoms with Gasteiger partial charge in [0.05, 0.1) is 18.8 Å². The average molecular weight is 348 g/mol. The van der Waals surface area contributed by atoms with Gasteiger partial charge in [0.1, 0.15) is 5.76 Å². The molecule has 0 aliphatic carbocycles. The Morgan fingerprint density at radius 1 is 1.32 bits per heavy atom. The Morgan fingerprint density at radius 2 is 2.12 bits per heavy atom. The van der Waals surface area contributed by atoms with Gasteiger partial charge in [-0.3, -0.25) is 19.4 Å². The van der Waals surface area contributed by atoms with Crippen LogP contribution in [0.25, 0.3) is 0 Å². The molecule has 4 amide bonds. The Morgan fingerprint density at radius 3 is 2.76 bits per heavy atom. The summed E-state index contributed by atoms with van der Waals surface area (Å²) in [5.41, 5.74) is 0. The Kier molecular flexibility index (Phi) is 5.70. The van der Waals surface area contributed by atoms with Gasteiger partial charge >= 0.3 is 6.03 Å². The lowest BCUT2D eigenvalue weighted by Gasteiger charge is -2.26. The molecule has 2 aliphatic heterocycles. The summed E-state index contributed by atoms with van der Waals surface area (Å²) in [6, 6.07) is 3.47. The number of amides is 4. The van der Waals surface area contributed by atoms with Crippen molar-refractivity contribution in [1.82, 2.24) is 20.4 Å². The lowest BCUT2D eigenvalue weighted by atomic mass is 10.2. The lowest BCUT2D eigenvalue weighted by molar-refractivity contribution is -0.126. The van der Waals surface area contributed by atoms with E-state index < -0.39 is 0 Å². The topological polar surface area (TPSA) is 94.9 Å². The van der Waals surface area contributed by atoms with E-state index in [9.17, 15) is 14.4 Å². The lowest BCUT2D eigenvalue weighted by Crippen LogP contribution is -2.37. The zero-order valence-corrected chi connectivity index (χ0v) is 14.2. The summed E-state index contributed by atoms with van der Waals surface area (Å²) >= 11 is 0. The van der Waals surface area contributed by atoms with Crippen LogP contribution in [0.3, 0.4) is 0 Å². The van der Waals surface area contributed by atoms with Crippen LogP contribution in [-0.2, 0) is 9.59 Å². The van der Waals surface area contributed by atoms with Crippen molar-refractivity contribution < 1.29 is 18.8 Å². The van der Waals surface area contributed by atoms with E-state index >= 15 is 0 Å². The van der Waals surface area contributed by atoms with Crippen LogP contribution in [0.15, 0.2) is 22.8 Å². The van der Waals surface area contributed by atoms with Gasteiger partial charge in [0.25, 0.3) is 0 Å². The van der Waals surface area contributed by atoms with Crippen molar-refractivity contribution >= 4 is 17.8 Å². The fourth-order valence-electron chi connectivity index (χ4n) is 3.32. The molecule has 3 rings (SSSR count). The van der Waals surface area contributed by atoms with Crippen LogP contribution in [0.4, 0.5) is 4.79 Å². The van der Waals surface area contributed by atoms with Crippen molar-refractivity contribution in [2.24, 2.45) is 0 Å². The second-order valence-corrected chi connectivity index (χ2v) is 6.39. The molecule has 3 heterocycles. The first-order valence-corrected chi connectivity index (χ1v) is 8.77. The maximum atomic E-state index is 12.1. The Labute approximate surface area is 146 Å². The Hall–Kier alpha value is -2.35. The van der Waals surface area contributed by atoms with Gasteiger partial charge in [-0.15, -0.1) is 0 Å². The molecular formula is C17H24N4O4. The highest BCUT2D eigenvalue weighted by Gasteiger charge is 2.28. The van der Waals surface area contributed by atoms with Crippen LogP contribution in [0.5, 0.6) is 0 Å². The van der Waals surface area contributed by atoms with E-state index in [4.69, 9.17) is 4.42 Å². The Bertz CT molecular complexity index is 594. The third-order valence-corrected chi connectivity index (χ3v) is 4.67. The van der Waals surface area contributed by atoms with E-state index in [0.29, 0.717) is 13.0 Å². The SMILES string of the molecule is O=C(CCCN1C(=O)CNC1=O)NCC(c1ccco1)N1CCCC1. The number of hydrogen-bond donors (Lipinski definition) is 2. The van der Waals surface area contributed by atoms with Crippen molar-refractivity contribution in [3.05, 3.63) is 24.2 Å². The molecule has 1 unspecified atom stereocenters. The highest BCUT2D eigenvalue weighted by atomic mass is 16.3. The number of carbonyl (C=O) groups is 3. The van der Waals surface area contributed by atoms with Gasteiger partial charge in [0.15, 0.2) is 0 Å². The minimum absolute atomic E-state index is 0.0473. The largest absolute Gasteiger partial charge is 0.468 e. The van der Waals surface area contributed by atoms with Gasteiger partial charge in [0, 0.05) is 19.5 Å². The van der Waals surface area contributed by atoms with Crippen molar-refractivity contribution in [3.63, 3.8) is 0 Å². The summed E-state index contributed by atoms with van der Waals surface area (Å²) in [7, 11) is 0. The summed E-state index contributed by atoms with van der Waals surface area (Å²) < 4.78 is 5.53. The number of furan rings is 1. The number of urea groups is 1. The number of carbonyl (C=O) groups excluding carboxylic acids is 3. The molecule has 0 bridgehead atoms. The zero-order chi connectivity index (χ0) is 17.6. The number of rotatable bonds is 8. The maximum absolute atomic E-state index is 12.1. The summed E-state index contributed by atoms with van der Waals surface area (Å²) in [6.07, 6.45) is 4.72. The molecular weight excluding hydrogens is 324 g/mol. The molecule has 1 atom stereocenters. The molecule has 136 valence electrons. The molecule has 2 aliphatic rings. The van der Waals surface area contributed by atoms with E-state index in [0.717, 1.165) is 36.6 Å². The number of imide groups is 1. The minimum Gasteiger partial charge on any atom is -0.468 e. The highest BCUT2D eigenvalue weighted by molar-refractivity contribution is 6.01. The van der Waals surface area contributed by atoms with Gasteiger partial charge in [-0.05, 0) is 44.5 Å². The second-order valence-electron chi connectivity index (χ2n) is 6.39. The molecule has 2 saturated heterocycles. The van der Waals surface area contributed by atoms with Gasteiger partial charge < -0.3 is 15.1 Å². The fourth-order valence-corrected chi connectivity index (χ4v) is 3.32. The highest BCUT2D eigenvalue weighted by Crippen LogP contribution is 2.24. The van der Waals surface area contributed by atoms with Crippen molar-refractivity contribution in [3.8, 4) is 0 Å². The van der Waals surface area contributed by atoms with Crippen molar-refractivity contribution in [1.29, 1.82) is 0 Å². The van der Waals surface area contributed by atoms with Crippen LogP contribution >= 0.6 is 0 Å². The second kappa shape index (κ2) is 8.15. The van der Waals surface area contributed by atoms with Crippen LogP contribution in [0.1, 0.15) is 37.5 Å². The van der Waals surface area contributed by atoms with Crippen LogP contribution in [-0.4, -0.2) is 60.4 Å². The molecule has 8 heteroatoms. The molecule has 2 N–H and O–H groups in total. The van der Waals surface area contributed by atoms with Crippen LogP contribution < -0.4 is 10.6 Å². The first kappa shape index (κ1) is 17.5. The summed E-state index contributed by atoms with van der Waals surface area (Å²) in [6.45, 7) is 2.83. The van der Waals surface area contributed by atoms with E-state index in [1.807, 2.05) is 12.1 Å². The predicted molar refractivity (Wildman–Crippen MR) is 89.6 cm³/mol. The summed E-state index contributed by atoms with van der Waals surface area (Å²) in [5.74, 6) is 0.543. The van der Waals surface area contributed by atoms with E-state index in [1.165, 1.54) is 0 Å². The molecule has 1 aromatic rings. The molecule has 2 fully saturated rings. The normalized spacial score (nSPS) is 19.3. The molecule has 0 aromatic carbocycles. The van der Waals surface area contributed by atoms with Gasteiger partial charge in [-0.2, -0.15) is 0 Å². The van der Waals surface area contributed by atoms with Crippen molar-refractivity contribution in [2.75, 3.05) is 32.7 Å². The maximum Gasteiger partial charge on any atom is 0.324 e. The zero-order valence-electron chi connectivity index (χ0n) is 14.2. The van der Waals surface area contributed by atoms with Crippen molar-refractivity contribution in [2.45, 2.75) is 31.7 Å². The molecule has 0 saturated carbocycles. The number of nitrogens with zero attached hydrogens (tertiary/aromatic N) is 2. The molecule has 1 aromatic heterocycles. The van der Waals surface area contributed by atoms with Gasteiger partial charge in [-0.25, -0.2) is 4.79 Å². The fraction of sp³-hybridized carbons (Fsp3) is 0.588. The average Bonchev–Trinajstić information content (AvgIpc) is 3.34. The quantitative estimate of drug-likeness (QED) is 0.680. The van der Waals surface area contributed by atoms with Crippen LogP contribution in [0, 0.1) is 0 Å². The first-order chi connectivity index (χ1) is 12.1. The minimum atomic E-state index is -0.377. The summed E-state index contributed by atoms with van der Waals surface area (Å²) in [4.78, 5) is 38.5. The molecule has 25 heavy (non-hydrogen) atoms. The first-order valence-electron chi connectivity index (χ1n) is 8.77. The number of likely N-dealkylation sites (tertiary alicyclic amines) is 1. The number of nitrogens with one attached hydrogen (secondary N) is 2. The monoisotopic (exact) mass is 348 g/mol. The predicted octanol–water partition coefficient (Wildman–Crippen LogP) is 0.865. The molecule has 8 nitrogen and oxygen atoms in total. The number of hydrogen-bond acceptors (Lipinski definition) is 5. The van der Waals surface area contributed by atoms with Crippen LogP contribution in [0.2, 0.25) is 0 Å². The van der Waals surface area contributed by atoms with Gasteiger partial charge in [0.2, 0.25) is 11.8 Å². The molecule has 0 radical (unpaired) electrons. The van der Waals surface area contributed by atoms with E-state index in [2.05, 4.69) is 15.5 Å². The van der Waals surface area contributed by atoms with E-state index in [1.54, 1.807) is 6.26 Å². The summed E-state index contributed by atoms with van der Waals surface area (Å²) in [5, 5.41) is 5.42. The molecule has 0 spiro atoms. The standard InChI is InChI=1S/C17H24N4O4/c22-15(6-3-9-21-16(23)12-19-17(21)24)18-11-13(14-5-4-10-25-14)20-7-1-2-8-20/h4-5,10,13H,1-3,6-9,11-12H2,(H,18,22)(H,19,24). The smallest absolute Gasteiger partial charge is 0.324 e.